The van der Waals surface area contributed by atoms with Crippen LogP contribution in [-0.2, 0) is 19.2 Å². The van der Waals surface area contributed by atoms with Crippen LogP contribution >= 0.6 is 0 Å². The van der Waals surface area contributed by atoms with Gasteiger partial charge in [0.25, 0.3) is 17.7 Å². The Labute approximate surface area is 187 Å². The van der Waals surface area contributed by atoms with Crippen molar-refractivity contribution >= 4 is 35.2 Å². The average Bonchev–Trinajstić information content (AvgIpc) is 3.09. The van der Waals surface area contributed by atoms with Crippen LogP contribution in [0.5, 0.6) is 0 Å². The number of carbonyl (C=O) groups is 5. The van der Waals surface area contributed by atoms with E-state index < -0.39 is 17.9 Å². The molecule has 2 rings (SSSR count). The third kappa shape index (κ3) is 6.74. The van der Waals surface area contributed by atoms with Gasteiger partial charge in [0.1, 0.15) is 6.04 Å². The van der Waals surface area contributed by atoms with Crippen LogP contribution in [0.4, 0.5) is 5.69 Å². The third-order valence-electron chi connectivity index (χ3n) is 4.84. The zero-order chi connectivity index (χ0) is 23.7. The first-order chi connectivity index (χ1) is 15.2. The average molecular weight is 444 g/mol. The lowest BCUT2D eigenvalue weighted by Crippen LogP contribution is -2.52. The van der Waals surface area contributed by atoms with E-state index in [4.69, 9.17) is 0 Å². The van der Waals surface area contributed by atoms with Gasteiger partial charge in [-0.25, -0.2) is 0 Å². The number of amides is 5. The Hall–Kier alpha value is -3.53. The molecular weight excluding hydrogens is 414 g/mol. The molecule has 1 aromatic carbocycles. The lowest BCUT2D eigenvalue weighted by atomic mass is 10.2. The van der Waals surface area contributed by atoms with Crippen molar-refractivity contribution in [3.8, 4) is 0 Å². The minimum atomic E-state index is -0.941. The quantitative estimate of drug-likeness (QED) is 0.329. The predicted molar refractivity (Wildman–Crippen MR) is 119 cm³/mol. The van der Waals surface area contributed by atoms with Gasteiger partial charge >= 0.3 is 0 Å². The van der Waals surface area contributed by atoms with Crippen molar-refractivity contribution in [2.45, 2.75) is 26.8 Å². The molecule has 1 atom stereocenters. The molecule has 32 heavy (non-hydrogen) atoms. The number of imide groups is 1. The summed E-state index contributed by atoms with van der Waals surface area (Å²) in [5, 5.41) is 8.52. The van der Waals surface area contributed by atoms with Crippen LogP contribution < -0.4 is 16.0 Å². The van der Waals surface area contributed by atoms with Gasteiger partial charge in [0.2, 0.25) is 11.8 Å². The number of nitrogens with one attached hydrogen (secondary N) is 3. The SMILES string of the molecule is CCNCCN(CCNC(=O)c1ccc(NC(C)=O)cc1)C(=O)C(C)N1C(=O)C=CC1=O. The van der Waals surface area contributed by atoms with E-state index in [1.807, 2.05) is 6.92 Å². The van der Waals surface area contributed by atoms with Crippen molar-refractivity contribution in [1.29, 1.82) is 0 Å². The van der Waals surface area contributed by atoms with Crippen molar-refractivity contribution in [3.05, 3.63) is 42.0 Å². The smallest absolute Gasteiger partial charge is 0.254 e. The fraction of sp³-hybridized carbons (Fsp3) is 0.409. The molecule has 1 aromatic rings. The molecule has 0 fully saturated rings. The molecule has 5 amide bonds. The van der Waals surface area contributed by atoms with E-state index in [-0.39, 0.29) is 30.8 Å². The lowest BCUT2D eigenvalue weighted by molar-refractivity contribution is -0.148. The molecule has 10 heteroatoms. The van der Waals surface area contributed by atoms with Gasteiger partial charge in [0, 0.05) is 56.5 Å². The summed E-state index contributed by atoms with van der Waals surface area (Å²) in [7, 11) is 0. The summed E-state index contributed by atoms with van der Waals surface area (Å²) in [6.45, 7) is 6.90. The zero-order valence-corrected chi connectivity index (χ0v) is 18.5. The van der Waals surface area contributed by atoms with Crippen molar-refractivity contribution in [3.63, 3.8) is 0 Å². The number of hydrogen-bond donors (Lipinski definition) is 3. The molecule has 0 saturated heterocycles. The fourth-order valence-electron chi connectivity index (χ4n) is 3.21. The van der Waals surface area contributed by atoms with Gasteiger partial charge in [-0.05, 0) is 37.7 Å². The first-order valence-electron chi connectivity index (χ1n) is 10.4. The second-order valence-electron chi connectivity index (χ2n) is 7.25. The van der Waals surface area contributed by atoms with Crippen molar-refractivity contribution in [2.75, 3.05) is 38.0 Å². The van der Waals surface area contributed by atoms with Gasteiger partial charge in [-0.2, -0.15) is 0 Å². The number of anilines is 1. The molecule has 172 valence electrons. The maximum atomic E-state index is 13.0. The Kier molecular flexibility index (Phi) is 9.08. The summed E-state index contributed by atoms with van der Waals surface area (Å²) < 4.78 is 0. The Balaban J connectivity index is 1.95. The van der Waals surface area contributed by atoms with Gasteiger partial charge in [0.15, 0.2) is 0 Å². The number of hydrogen-bond acceptors (Lipinski definition) is 6. The Morgan fingerprint density at radius 1 is 1.00 bits per heavy atom. The molecule has 1 heterocycles. The van der Waals surface area contributed by atoms with E-state index in [0.29, 0.717) is 24.3 Å². The summed E-state index contributed by atoms with van der Waals surface area (Å²) in [6, 6.07) is 5.50. The van der Waals surface area contributed by atoms with Crippen LogP contribution in [0.2, 0.25) is 0 Å². The van der Waals surface area contributed by atoms with Gasteiger partial charge in [-0.15, -0.1) is 0 Å². The number of likely N-dealkylation sites (N-methyl/N-ethyl adjacent to an activating group) is 1. The molecule has 1 aliphatic rings. The van der Waals surface area contributed by atoms with Crippen LogP contribution in [0.3, 0.4) is 0 Å². The standard InChI is InChI=1S/C22H29N5O5/c1-4-23-11-13-26(22(32)15(2)27-19(29)9-10-20(27)30)14-12-24-21(31)17-5-7-18(8-6-17)25-16(3)28/h5-10,15,23H,4,11-14H2,1-3H3,(H,24,31)(H,25,28). The Morgan fingerprint density at radius 3 is 2.16 bits per heavy atom. The molecule has 1 unspecified atom stereocenters. The van der Waals surface area contributed by atoms with Gasteiger partial charge < -0.3 is 20.9 Å². The minimum Gasteiger partial charge on any atom is -0.350 e. The molecular formula is C22H29N5O5. The fourth-order valence-corrected chi connectivity index (χ4v) is 3.21. The second-order valence-corrected chi connectivity index (χ2v) is 7.25. The number of nitrogens with zero attached hydrogens (tertiary/aromatic N) is 2. The third-order valence-corrected chi connectivity index (χ3v) is 4.84. The summed E-state index contributed by atoms with van der Waals surface area (Å²) in [6.07, 6.45) is 2.29. The molecule has 0 spiro atoms. The topological polar surface area (TPSA) is 128 Å². The van der Waals surface area contributed by atoms with Crippen LogP contribution in [0.25, 0.3) is 0 Å². The summed E-state index contributed by atoms with van der Waals surface area (Å²) in [4.78, 5) is 62.7. The first-order valence-corrected chi connectivity index (χ1v) is 10.4. The van der Waals surface area contributed by atoms with E-state index >= 15 is 0 Å². The monoisotopic (exact) mass is 443 g/mol. The highest BCUT2D eigenvalue weighted by Crippen LogP contribution is 2.12. The van der Waals surface area contributed by atoms with E-state index in [2.05, 4.69) is 16.0 Å². The van der Waals surface area contributed by atoms with Gasteiger partial charge in [-0.1, -0.05) is 6.92 Å². The van der Waals surface area contributed by atoms with E-state index in [1.165, 1.54) is 18.7 Å². The maximum absolute atomic E-state index is 13.0. The van der Waals surface area contributed by atoms with E-state index in [1.54, 1.807) is 24.3 Å². The zero-order valence-electron chi connectivity index (χ0n) is 18.5. The Morgan fingerprint density at radius 2 is 1.59 bits per heavy atom. The van der Waals surface area contributed by atoms with Gasteiger partial charge in [-0.3, -0.25) is 28.9 Å². The second kappa shape index (κ2) is 11.8. The molecule has 3 N–H and O–H groups in total. The normalized spacial score (nSPS) is 13.8. The predicted octanol–water partition coefficient (Wildman–Crippen LogP) is 0.126. The number of benzene rings is 1. The largest absolute Gasteiger partial charge is 0.350 e. The van der Waals surface area contributed by atoms with Gasteiger partial charge in [0.05, 0.1) is 0 Å². The van der Waals surface area contributed by atoms with Crippen molar-refractivity contribution in [2.24, 2.45) is 0 Å². The highest BCUT2D eigenvalue weighted by molar-refractivity contribution is 6.15. The molecule has 0 radical (unpaired) electrons. The summed E-state index contributed by atoms with van der Waals surface area (Å²) in [5.41, 5.74) is 1.00. The van der Waals surface area contributed by atoms with Crippen molar-refractivity contribution < 1.29 is 24.0 Å². The first kappa shape index (κ1) is 24.7. The van der Waals surface area contributed by atoms with Crippen molar-refractivity contribution in [1.82, 2.24) is 20.4 Å². The molecule has 1 aliphatic heterocycles. The number of rotatable bonds is 11. The highest BCUT2D eigenvalue weighted by atomic mass is 16.2. The van der Waals surface area contributed by atoms with Crippen LogP contribution in [0, 0.1) is 0 Å². The minimum absolute atomic E-state index is 0.191. The van der Waals surface area contributed by atoms with E-state index in [9.17, 15) is 24.0 Å². The molecule has 0 aliphatic carbocycles. The summed E-state index contributed by atoms with van der Waals surface area (Å²) in [5.74, 6) is -1.92. The van der Waals surface area contributed by atoms with E-state index in [0.717, 1.165) is 23.6 Å². The van der Waals surface area contributed by atoms with Crippen LogP contribution in [0.1, 0.15) is 31.1 Å². The molecule has 0 bridgehead atoms. The maximum Gasteiger partial charge on any atom is 0.254 e. The van der Waals surface area contributed by atoms with Crippen LogP contribution in [0.15, 0.2) is 36.4 Å². The summed E-state index contributed by atoms with van der Waals surface area (Å²) >= 11 is 0. The number of carbonyl (C=O) groups excluding carboxylic acids is 5. The van der Waals surface area contributed by atoms with Crippen LogP contribution in [-0.4, -0.2) is 78.1 Å². The molecule has 0 saturated carbocycles. The molecule has 10 nitrogen and oxygen atoms in total. The Bertz CT molecular complexity index is 878. The lowest BCUT2D eigenvalue weighted by Gasteiger charge is -2.29. The molecule has 0 aromatic heterocycles. The highest BCUT2D eigenvalue weighted by Gasteiger charge is 2.34.